The van der Waals surface area contributed by atoms with Crippen LogP contribution < -0.4 is 0 Å². The van der Waals surface area contributed by atoms with Crippen molar-refractivity contribution in [3.05, 3.63) is 11.9 Å². The maximum absolute atomic E-state index is 4.17. The van der Waals surface area contributed by atoms with E-state index in [4.69, 9.17) is 0 Å². The second kappa shape index (κ2) is 2.82. The predicted molar refractivity (Wildman–Crippen MR) is 53.5 cm³/mol. The van der Waals surface area contributed by atoms with Crippen LogP contribution in [0.15, 0.2) is 6.20 Å². The van der Waals surface area contributed by atoms with Crippen LogP contribution in [-0.2, 0) is 12.5 Å². The Hall–Kier alpha value is -0.860. The largest absolute Gasteiger partial charge is 0.255 e. The number of hydrogen-bond acceptors (Lipinski definition) is 2. The zero-order valence-corrected chi connectivity index (χ0v) is 9.42. The van der Waals surface area contributed by atoms with Crippen molar-refractivity contribution in [1.82, 2.24) is 15.0 Å². The zero-order valence-electron chi connectivity index (χ0n) is 9.42. The van der Waals surface area contributed by atoms with Crippen LogP contribution in [0.25, 0.3) is 0 Å². The quantitative estimate of drug-likeness (QED) is 0.664. The van der Waals surface area contributed by atoms with Gasteiger partial charge in [0.1, 0.15) is 0 Å². The molecule has 0 saturated carbocycles. The molecule has 0 aliphatic heterocycles. The molecule has 0 atom stereocenters. The first kappa shape index (κ1) is 10.2. The molecular weight excluding hydrogens is 162 g/mol. The maximum atomic E-state index is 4.17. The number of aromatic nitrogens is 3. The van der Waals surface area contributed by atoms with Crippen molar-refractivity contribution in [2.75, 3.05) is 0 Å². The smallest absolute Gasteiger partial charge is 0.0888 e. The molecule has 1 rings (SSSR count). The van der Waals surface area contributed by atoms with Gasteiger partial charge in [-0.15, -0.1) is 5.10 Å². The zero-order chi connectivity index (χ0) is 10.3. The Labute approximate surface area is 80.1 Å². The lowest BCUT2D eigenvalue weighted by atomic mass is 9.67. The second-order valence-electron chi connectivity index (χ2n) is 5.15. The van der Waals surface area contributed by atoms with Crippen LogP contribution in [0.4, 0.5) is 0 Å². The van der Waals surface area contributed by atoms with Gasteiger partial charge in [0.2, 0.25) is 0 Å². The van der Waals surface area contributed by atoms with Gasteiger partial charge < -0.3 is 0 Å². The van der Waals surface area contributed by atoms with Gasteiger partial charge in [-0.25, -0.2) is 0 Å². The van der Waals surface area contributed by atoms with Crippen molar-refractivity contribution in [2.45, 2.75) is 40.0 Å². The summed E-state index contributed by atoms with van der Waals surface area (Å²) in [6.45, 7) is 11.1. The van der Waals surface area contributed by atoms with Gasteiger partial charge in [-0.2, -0.15) is 0 Å². The molecule has 74 valence electrons. The number of aryl methyl sites for hydroxylation is 1. The summed E-state index contributed by atoms with van der Waals surface area (Å²) in [5, 5.41) is 8.13. The Bertz CT molecular complexity index is 291. The van der Waals surface area contributed by atoms with Crippen molar-refractivity contribution < 1.29 is 0 Å². The average Bonchev–Trinajstić information content (AvgIpc) is 2.33. The Morgan fingerprint density at radius 3 is 2.00 bits per heavy atom. The standard InChI is InChI=1S/C10H19N3/c1-9(2,3)10(4,5)8-7-13(6)12-11-8/h7H,1-6H3. The minimum absolute atomic E-state index is 0.0568. The van der Waals surface area contributed by atoms with Crippen LogP contribution in [0.5, 0.6) is 0 Å². The molecule has 0 spiro atoms. The Kier molecular flexibility index (Phi) is 2.22. The van der Waals surface area contributed by atoms with Gasteiger partial charge in [0.25, 0.3) is 0 Å². The molecule has 0 aliphatic carbocycles. The highest BCUT2D eigenvalue weighted by molar-refractivity contribution is 5.13. The van der Waals surface area contributed by atoms with E-state index < -0.39 is 0 Å². The van der Waals surface area contributed by atoms with Crippen LogP contribution >= 0.6 is 0 Å². The third kappa shape index (κ3) is 1.74. The van der Waals surface area contributed by atoms with Gasteiger partial charge in [-0.05, 0) is 5.41 Å². The van der Waals surface area contributed by atoms with Crippen LogP contribution in [-0.4, -0.2) is 15.0 Å². The molecule has 1 aromatic heterocycles. The SMILES string of the molecule is Cn1cc(C(C)(C)C(C)(C)C)nn1. The lowest BCUT2D eigenvalue weighted by Crippen LogP contribution is -2.34. The van der Waals surface area contributed by atoms with Gasteiger partial charge in [-0.3, -0.25) is 4.68 Å². The fourth-order valence-corrected chi connectivity index (χ4v) is 1.02. The molecule has 0 radical (unpaired) electrons. The number of hydrogen-bond donors (Lipinski definition) is 0. The van der Waals surface area contributed by atoms with Gasteiger partial charge in [0, 0.05) is 18.7 Å². The van der Waals surface area contributed by atoms with E-state index in [1.165, 1.54) is 0 Å². The van der Waals surface area contributed by atoms with E-state index in [0.717, 1.165) is 5.69 Å². The van der Waals surface area contributed by atoms with Crippen LogP contribution in [0.3, 0.4) is 0 Å². The van der Waals surface area contributed by atoms with E-state index in [2.05, 4.69) is 44.9 Å². The number of nitrogens with zero attached hydrogens (tertiary/aromatic N) is 3. The van der Waals surface area contributed by atoms with Crippen molar-refractivity contribution >= 4 is 0 Å². The minimum atomic E-state index is 0.0568. The van der Waals surface area contributed by atoms with Crippen molar-refractivity contribution in [1.29, 1.82) is 0 Å². The topological polar surface area (TPSA) is 30.7 Å². The van der Waals surface area contributed by atoms with E-state index in [-0.39, 0.29) is 10.8 Å². The monoisotopic (exact) mass is 181 g/mol. The number of rotatable bonds is 1. The van der Waals surface area contributed by atoms with Gasteiger partial charge in [0.15, 0.2) is 0 Å². The molecule has 0 N–H and O–H groups in total. The third-order valence-electron chi connectivity index (χ3n) is 3.12. The molecule has 3 nitrogen and oxygen atoms in total. The van der Waals surface area contributed by atoms with Crippen molar-refractivity contribution in [2.24, 2.45) is 12.5 Å². The Balaban J connectivity index is 3.07. The molecular formula is C10H19N3. The summed E-state index contributed by atoms with van der Waals surface area (Å²) in [6.07, 6.45) is 1.99. The molecule has 0 amide bonds. The predicted octanol–water partition coefficient (Wildman–Crippen LogP) is 2.14. The average molecular weight is 181 g/mol. The molecule has 3 heteroatoms. The van der Waals surface area contributed by atoms with Crippen LogP contribution in [0.1, 0.15) is 40.3 Å². The van der Waals surface area contributed by atoms with Crippen LogP contribution in [0, 0.1) is 5.41 Å². The van der Waals surface area contributed by atoms with E-state index >= 15 is 0 Å². The van der Waals surface area contributed by atoms with Gasteiger partial charge >= 0.3 is 0 Å². The third-order valence-corrected chi connectivity index (χ3v) is 3.12. The van der Waals surface area contributed by atoms with Crippen molar-refractivity contribution in [3.8, 4) is 0 Å². The molecule has 1 heterocycles. The highest BCUT2D eigenvalue weighted by Crippen LogP contribution is 2.39. The van der Waals surface area contributed by atoms with E-state index in [1.807, 2.05) is 13.2 Å². The summed E-state index contributed by atoms with van der Waals surface area (Å²) in [5.41, 5.74) is 1.31. The minimum Gasteiger partial charge on any atom is -0.255 e. The molecule has 0 aliphatic rings. The first-order chi connectivity index (χ1) is 5.75. The van der Waals surface area contributed by atoms with E-state index in [9.17, 15) is 0 Å². The first-order valence-electron chi connectivity index (χ1n) is 4.62. The fourth-order valence-electron chi connectivity index (χ4n) is 1.02. The Morgan fingerprint density at radius 2 is 1.69 bits per heavy atom. The van der Waals surface area contributed by atoms with Crippen molar-refractivity contribution in [3.63, 3.8) is 0 Å². The van der Waals surface area contributed by atoms with Gasteiger partial charge in [0.05, 0.1) is 5.69 Å². The lowest BCUT2D eigenvalue weighted by molar-refractivity contribution is 0.219. The fraction of sp³-hybridized carbons (Fsp3) is 0.800. The summed E-state index contributed by atoms with van der Waals surface area (Å²) in [5.74, 6) is 0. The maximum Gasteiger partial charge on any atom is 0.0888 e. The van der Waals surface area contributed by atoms with Crippen LogP contribution in [0.2, 0.25) is 0 Å². The normalized spacial score (nSPS) is 13.4. The summed E-state index contributed by atoms with van der Waals surface area (Å²) in [4.78, 5) is 0. The molecule has 0 aromatic carbocycles. The molecule has 0 saturated heterocycles. The molecule has 13 heavy (non-hydrogen) atoms. The summed E-state index contributed by atoms with van der Waals surface area (Å²) in [7, 11) is 1.90. The summed E-state index contributed by atoms with van der Waals surface area (Å²) >= 11 is 0. The molecule has 0 fully saturated rings. The second-order valence-corrected chi connectivity index (χ2v) is 5.15. The lowest BCUT2D eigenvalue weighted by Gasteiger charge is -2.36. The summed E-state index contributed by atoms with van der Waals surface area (Å²) in [6, 6.07) is 0. The van der Waals surface area contributed by atoms with E-state index in [1.54, 1.807) is 4.68 Å². The molecule has 1 aromatic rings. The van der Waals surface area contributed by atoms with E-state index in [0.29, 0.717) is 0 Å². The highest BCUT2D eigenvalue weighted by atomic mass is 15.4. The Morgan fingerprint density at radius 1 is 1.15 bits per heavy atom. The highest BCUT2D eigenvalue weighted by Gasteiger charge is 2.36. The first-order valence-corrected chi connectivity index (χ1v) is 4.62. The summed E-state index contributed by atoms with van der Waals surface area (Å²) < 4.78 is 1.75. The molecule has 0 bridgehead atoms. The molecule has 0 unspecified atom stereocenters. The van der Waals surface area contributed by atoms with Gasteiger partial charge in [-0.1, -0.05) is 39.8 Å².